The lowest BCUT2D eigenvalue weighted by atomic mass is 9.94. The maximum Gasteiger partial charge on any atom is 0.263 e. The molecule has 11 heteroatoms. The molecule has 2 unspecified atom stereocenters. The van der Waals surface area contributed by atoms with Gasteiger partial charge in [-0.1, -0.05) is 27.7 Å². The summed E-state index contributed by atoms with van der Waals surface area (Å²) in [6.45, 7) is 14.0. The van der Waals surface area contributed by atoms with E-state index < -0.39 is 15.6 Å². The molecule has 9 nitrogen and oxygen atoms in total. The quantitative estimate of drug-likeness (QED) is 0.491. The molecule has 0 aromatic carbocycles. The number of carbonyl (C=O) groups is 1. The molecule has 190 valence electrons. The second kappa shape index (κ2) is 11.3. The van der Waals surface area contributed by atoms with Gasteiger partial charge in [0.2, 0.25) is 15.9 Å². The fourth-order valence-corrected chi connectivity index (χ4v) is 8.09. The number of rotatable bonds is 10. The van der Waals surface area contributed by atoms with Crippen molar-refractivity contribution in [1.82, 2.24) is 24.1 Å². The summed E-state index contributed by atoms with van der Waals surface area (Å²) in [7, 11) is -3.86. The Hall–Kier alpha value is -1.82. The zero-order valence-corrected chi connectivity index (χ0v) is 22.5. The van der Waals surface area contributed by atoms with Crippen LogP contribution in [-0.2, 0) is 21.4 Å². The van der Waals surface area contributed by atoms with E-state index in [0.717, 1.165) is 32.5 Å². The molecule has 0 bridgehead atoms. The topological polar surface area (TPSA) is 105 Å². The van der Waals surface area contributed by atoms with Crippen molar-refractivity contribution in [3.05, 3.63) is 21.6 Å². The fraction of sp³-hybridized carbons (Fsp3) is 0.696. The first-order chi connectivity index (χ1) is 16.1. The normalized spacial score (nSPS) is 19.7. The molecular weight excluding hydrogens is 474 g/mol. The first-order valence-corrected chi connectivity index (χ1v) is 14.3. The van der Waals surface area contributed by atoms with Crippen molar-refractivity contribution < 1.29 is 13.2 Å². The predicted octanol–water partition coefficient (Wildman–Crippen LogP) is 2.28. The van der Waals surface area contributed by atoms with Gasteiger partial charge in [0.05, 0.1) is 11.7 Å². The van der Waals surface area contributed by atoms with Crippen LogP contribution in [0.3, 0.4) is 0 Å². The van der Waals surface area contributed by atoms with Crippen LogP contribution < -0.4 is 10.9 Å². The number of amides is 1. The number of hydrogen-bond acceptors (Lipinski definition) is 7. The maximum absolute atomic E-state index is 13.6. The van der Waals surface area contributed by atoms with E-state index in [1.807, 2.05) is 13.8 Å². The van der Waals surface area contributed by atoms with Crippen molar-refractivity contribution in [1.29, 1.82) is 0 Å². The smallest absolute Gasteiger partial charge is 0.263 e. The molecule has 1 aliphatic rings. The van der Waals surface area contributed by atoms with Gasteiger partial charge < -0.3 is 10.2 Å². The zero-order chi connectivity index (χ0) is 25.0. The Labute approximate surface area is 206 Å². The van der Waals surface area contributed by atoms with Crippen molar-refractivity contribution in [2.75, 3.05) is 39.3 Å². The summed E-state index contributed by atoms with van der Waals surface area (Å²) >= 11 is 1.20. The van der Waals surface area contributed by atoms with Gasteiger partial charge in [-0.15, -0.1) is 11.3 Å². The highest BCUT2D eigenvalue weighted by molar-refractivity contribution is 7.89. The van der Waals surface area contributed by atoms with E-state index in [1.165, 1.54) is 26.5 Å². The summed E-state index contributed by atoms with van der Waals surface area (Å²) in [5.74, 6) is 0.214. The summed E-state index contributed by atoms with van der Waals surface area (Å²) in [4.78, 5) is 33.3. The summed E-state index contributed by atoms with van der Waals surface area (Å²) in [5, 5.41) is 2.93. The number of nitrogens with one attached hydrogen (secondary N) is 1. The summed E-state index contributed by atoms with van der Waals surface area (Å²) in [6.07, 6.45) is 3.13. The molecule has 0 saturated carbocycles. The van der Waals surface area contributed by atoms with E-state index in [1.54, 1.807) is 6.92 Å². The number of aromatic nitrogens is 2. The Kier molecular flexibility index (Phi) is 8.88. The molecule has 1 fully saturated rings. The van der Waals surface area contributed by atoms with Gasteiger partial charge in [0.15, 0.2) is 0 Å². The molecule has 1 N–H and O–H groups in total. The van der Waals surface area contributed by atoms with E-state index in [2.05, 4.69) is 29.0 Å². The first-order valence-electron chi connectivity index (χ1n) is 12.1. The number of aryl methyl sites for hydroxylation is 1. The number of carbonyl (C=O) groups excluding carboxylic acids is 1. The van der Waals surface area contributed by atoms with Gasteiger partial charge in [-0.2, -0.15) is 4.31 Å². The van der Waals surface area contributed by atoms with Gasteiger partial charge in [0.25, 0.3) is 5.56 Å². The molecule has 0 aliphatic carbocycles. The van der Waals surface area contributed by atoms with Crippen molar-refractivity contribution in [3.8, 4) is 0 Å². The number of nitrogens with zero attached hydrogens (tertiary/aromatic N) is 4. The average Bonchev–Trinajstić information content (AvgIpc) is 3.12. The molecule has 3 rings (SSSR count). The van der Waals surface area contributed by atoms with Gasteiger partial charge in [-0.05, 0) is 51.2 Å². The fourth-order valence-electron chi connectivity index (χ4n) is 4.75. The van der Waals surface area contributed by atoms with Crippen LogP contribution in [0.2, 0.25) is 0 Å². The standard InChI is InChI=1S/C23H37N5O4S2/c1-6-26(7-2)10-8-9-24-19(29)14-27-15-25-22-20(23(27)30)21(18(5)33-22)34(31,32)28-12-16(3)11-17(4)13-28/h15-17H,6-14H2,1-5H3,(H,24,29). The first kappa shape index (κ1) is 26.8. The van der Waals surface area contributed by atoms with Crippen molar-refractivity contribution >= 4 is 37.5 Å². The van der Waals surface area contributed by atoms with Crippen molar-refractivity contribution in [2.24, 2.45) is 11.8 Å². The van der Waals surface area contributed by atoms with Crippen LogP contribution in [0.15, 0.2) is 16.0 Å². The van der Waals surface area contributed by atoms with Gasteiger partial charge >= 0.3 is 0 Å². The minimum absolute atomic E-state index is 0.0419. The third kappa shape index (κ3) is 5.87. The van der Waals surface area contributed by atoms with Crippen LogP contribution in [0.5, 0.6) is 0 Å². The van der Waals surface area contributed by atoms with E-state index in [9.17, 15) is 18.0 Å². The Morgan fingerprint density at radius 3 is 2.50 bits per heavy atom. The summed E-state index contributed by atoms with van der Waals surface area (Å²) in [5.41, 5.74) is -0.496. The predicted molar refractivity (Wildman–Crippen MR) is 136 cm³/mol. The van der Waals surface area contributed by atoms with E-state index in [4.69, 9.17) is 0 Å². The minimum Gasteiger partial charge on any atom is -0.354 e. The van der Waals surface area contributed by atoms with E-state index in [0.29, 0.717) is 29.3 Å². The Morgan fingerprint density at radius 2 is 1.88 bits per heavy atom. The van der Waals surface area contributed by atoms with E-state index >= 15 is 0 Å². The number of fused-ring (bicyclic) bond motifs is 1. The van der Waals surface area contributed by atoms with Gasteiger partial charge in [-0.3, -0.25) is 14.2 Å². The lowest BCUT2D eigenvalue weighted by molar-refractivity contribution is -0.121. The number of thiophene rings is 1. The van der Waals surface area contributed by atoms with Crippen molar-refractivity contribution in [2.45, 2.75) is 58.9 Å². The molecule has 34 heavy (non-hydrogen) atoms. The van der Waals surface area contributed by atoms with Crippen LogP contribution in [0, 0.1) is 18.8 Å². The molecule has 2 aromatic heterocycles. The highest BCUT2D eigenvalue weighted by Gasteiger charge is 2.35. The molecule has 2 aromatic rings. The third-order valence-electron chi connectivity index (χ3n) is 6.41. The Morgan fingerprint density at radius 1 is 1.24 bits per heavy atom. The van der Waals surface area contributed by atoms with Gasteiger partial charge in [0.1, 0.15) is 16.3 Å². The second-order valence-corrected chi connectivity index (χ2v) is 12.4. The van der Waals surface area contributed by atoms with E-state index in [-0.39, 0.29) is 34.6 Å². The highest BCUT2D eigenvalue weighted by Crippen LogP contribution is 2.35. The lowest BCUT2D eigenvalue weighted by Crippen LogP contribution is -2.43. The Bertz CT molecular complexity index is 1160. The minimum atomic E-state index is -3.86. The molecule has 1 amide bonds. The number of piperidine rings is 1. The molecule has 3 heterocycles. The molecule has 1 aliphatic heterocycles. The molecule has 1 saturated heterocycles. The Balaban J connectivity index is 1.82. The monoisotopic (exact) mass is 511 g/mol. The zero-order valence-electron chi connectivity index (χ0n) is 20.8. The summed E-state index contributed by atoms with van der Waals surface area (Å²) in [6, 6.07) is 0. The number of hydrogen-bond donors (Lipinski definition) is 1. The summed E-state index contributed by atoms with van der Waals surface area (Å²) < 4.78 is 29.9. The maximum atomic E-state index is 13.6. The number of sulfonamides is 1. The molecular formula is C23H37N5O4S2. The van der Waals surface area contributed by atoms with Crippen LogP contribution in [0.1, 0.15) is 45.4 Å². The van der Waals surface area contributed by atoms with Crippen LogP contribution in [0.4, 0.5) is 0 Å². The molecule has 0 spiro atoms. The van der Waals surface area contributed by atoms with Crippen LogP contribution in [-0.4, -0.2) is 72.3 Å². The third-order valence-corrected chi connectivity index (χ3v) is 9.56. The molecule has 2 atom stereocenters. The highest BCUT2D eigenvalue weighted by atomic mass is 32.2. The van der Waals surface area contributed by atoms with Gasteiger partial charge in [-0.25, -0.2) is 13.4 Å². The average molecular weight is 512 g/mol. The lowest BCUT2D eigenvalue weighted by Gasteiger charge is -2.34. The second-order valence-electron chi connectivity index (χ2n) is 9.34. The van der Waals surface area contributed by atoms with Gasteiger partial charge in [0, 0.05) is 24.5 Å². The van der Waals surface area contributed by atoms with Crippen molar-refractivity contribution in [3.63, 3.8) is 0 Å². The SMILES string of the molecule is CCN(CC)CCCNC(=O)Cn1cnc2sc(C)c(S(=O)(=O)N3CC(C)CC(C)C3)c2c1=O. The molecule has 0 radical (unpaired) electrons. The van der Waals surface area contributed by atoms with Crippen LogP contribution in [0.25, 0.3) is 10.2 Å². The largest absolute Gasteiger partial charge is 0.354 e. The van der Waals surface area contributed by atoms with Crippen LogP contribution >= 0.6 is 11.3 Å².